The van der Waals surface area contributed by atoms with Crippen LogP contribution < -0.4 is 15.5 Å². The van der Waals surface area contributed by atoms with Gasteiger partial charge in [0.2, 0.25) is 0 Å². The molecule has 232 valence electrons. The summed E-state index contributed by atoms with van der Waals surface area (Å²) in [5.74, 6) is 1.09. The van der Waals surface area contributed by atoms with Crippen LogP contribution in [0.2, 0.25) is 5.02 Å². The molecule has 4 heterocycles. The van der Waals surface area contributed by atoms with E-state index in [0.29, 0.717) is 43.8 Å². The van der Waals surface area contributed by atoms with E-state index in [9.17, 15) is 9.59 Å². The van der Waals surface area contributed by atoms with Crippen molar-refractivity contribution >= 4 is 40.3 Å². The fraction of sp³-hybridized carbons (Fsp3) is 0.562. The Morgan fingerprint density at radius 2 is 1.77 bits per heavy atom. The van der Waals surface area contributed by atoms with Crippen molar-refractivity contribution in [3.05, 3.63) is 53.4 Å². The molecule has 2 aromatic heterocycles. The third kappa shape index (κ3) is 8.04. The number of carbonyl (C=O) groups is 2. The number of nitrogens with one attached hydrogen (secondary N) is 3. The average Bonchev–Trinajstić information content (AvgIpc) is 3.47. The molecule has 2 saturated heterocycles. The minimum Gasteiger partial charge on any atom is -0.444 e. The summed E-state index contributed by atoms with van der Waals surface area (Å²) in [6.07, 6.45) is 5.79. The lowest BCUT2D eigenvalue weighted by molar-refractivity contribution is -0.126. The molecule has 11 heteroatoms. The van der Waals surface area contributed by atoms with Gasteiger partial charge in [0.15, 0.2) is 5.78 Å². The Kier molecular flexibility index (Phi) is 9.88. The fourth-order valence-electron chi connectivity index (χ4n) is 6.21. The molecule has 0 radical (unpaired) electrons. The van der Waals surface area contributed by atoms with Crippen molar-refractivity contribution in [2.24, 2.45) is 0 Å². The van der Waals surface area contributed by atoms with Gasteiger partial charge in [0.1, 0.15) is 28.9 Å². The van der Waals surface area contributed by atoms with Crippen LogP contribution in [0.1, 0.15) is 64.4 Å². The zero-order valence-electron chi connectivity index (χ0n) is 25.5. The van der Waals surface area contributed by atoms with Gasteiger partial charge < -0.3 is 30.2 Å². The maximum absolute atomic E-state index is 14.2. The van der Waals surface area contributed by atoms with E-state index in [1.165, 1.54) is 5.56 Å². The SMILES string of the molecule is CC(C)(C)OC(=O)NC1(C(=O)CC[C@@H](CCN2CCNCC2)c2ccc(Cl)cc2)CCN(c2ncnc3[nH]ccc23)CC1. The van der Waals surface area contributed by atoms with E-state index in [1.807, 2.05) is 45.2 Å². The molecule has 3 N–H and O–H groups in total. The largest absolute Gasteiger partial charge is 0.444 e. The van der Waals surface area contributed by atoms with Gasteiger partial charge in [0, 0.05) is 56.9 Å². The quantitative estimate of drug-likeness (QED) is 0.297. The third-order valence-corrected chi connectivity index (χ3v) is 8.84. The van der Waals surface area contributed by atoms with E-state index in [0.717, 1.165) is 56.0 Å². The summed E-state index contributed by atoms with van der Waals surface area (Å²) < 4.78 is 5.62. The molecule has 0 aliphatic carbocycles. The van der Waals surface area contributed by atoms with Crippen molar-refractivity contribution in [3.63, 3.8) is 0 Å². The van der Waals surface area contributed by atoms with Crippen LogP contribution in [0.5, 0.6) is 0 Å². The lowest BCUT2D eigenvalue weighted by Crippen LogP contribution is -2.60. The molecular weight excluding hydrogens is 566 g/mol. The van der Waals surface area contributed by atoms with E-state index < -0.39 is 17.2 Å². The van der Waals surface area contributed by atoms with Crippen molar-refractivity contribution in [2.75, 3.05) is 50.7 Å². The number of aromatic nitrogens is 3. The molecule has 0 unspecified atom stereocenters. The monoisotopic (exact) mass is 609 g/mol. The number of hydrogen-bond acceptors (Lipinski definition) is 8. The van der Waals surface area contributed by atoms with Crippen molar-refractivity contribution in [3.8, 4) is 0 Å². The second kappa shape index (κ2) is 13.6. The standard InChI is InChI=1S/C32H44ClN7O3/c1-31(2,3)43-30(42)38-32(12-18-40(19-13-32)29-26-10-14-35-28(26)36-22-37-29)27(41)9-6-24(23-4-7-25(33)8-5-23)11-17-39-20-15-34-16-21-39/h4-5,7-8,10,14,22,24,34H,6,9,11-13,15-21H2,1-3H3,(H,38,42)(H,35,36,37)/t24-/m0/s1. The summed E-state index contributed by atoms with van der Waals surface area (Å²) in [4.78, 5) is 43.9. The molecule has 43 heavy (non-hydrogen) atoms. The van der Waals surface area contributed by atoms with Gasteiger partial charge in [0.05, 0.1) is 5.39 Å². The van der Waals surface area contributed by atoms with Crippen molar-refractivity contribution in [2.45, 2.75) is 69.9 Å². The molecule has 2 fully saturated rings. The Morgan fingerprint density at radius 1 is 1.05 bits per heavy atom. The van der Waals surface area contributed by atoms with Crippen molar-refractivity contribution < 1.29 is 14.3 Å². The normalized spacial score (nSPS) is 18.4. The molecule has 10 nitrogen and oxygen atoms in total. The molecule has 2 aliphatic heterocycles. The molecule has 3 aromatic rings. The Hall–Kier alpha value is -3.21. The lowest BCUT2D eigenvalue weighted by Gasteiger charge is -2.42. The van der Waals surface area contributed by atoms with Gasteiger partial charge in [0.25, 0.3) is 0 Å². The highest BCUT2D eigenvalue weighted by molar-refractivity contribution is 6.30. The van der Waals surface area contributed by atoms with Gasteiger partial charge in [-0.3, -0.25) is 4.79 Å². The van der Waals surface area contributed by atoms with E-state index in [4.69, 9.17) is 16.3 Å². The number of ketones is 1. The van der Waals surface area contributed by atoms with Crippen molar-refractivity contribution in [1.29, 1.82) is 0 Å². The number of anilines is 1. The predicted octanol–water partition coefficient (Wildman–Crippen LogP) is 4.90. The molecule has 1 amide bonds. The Morgan fingerprint density at radius 3 is 2.47 bits per heavy atom. The number of aromatic amines is 1. The fourth-order valence-corrected chi connectivity index (χ4v) is 6.34. The van der Waals surface area contributed by atoms with Gasteiger partial charge in [-0.25, -0.2) is 14.8 Å². The maximum Gasteiger partial charge on any atom is 0.408 e. The number of piperidine rings is 1. The molecule has 5 rings (SSSR count). The number of nitrogens with zero attached hydrogens (tertiary/aromatic N) is 4. The molecule has 1 aromatic carbocycles. The van der Waals surface area contributed by atoms with Gasteiger partial charge in [-0.2, -0.15) is 0 Å². The highest BCUT2D eigenvalue weighted by Gasteiger charge is 2.43. The van der Waals surface area contributed by atoms with Crippen LogP contribution in [0.25, 0.3) is 11.0 Å². The number of Topliss-reactive ketones (excluding diaryl/α,β-unsaturated/α-hetero) is 1. The number of fused-ring (bicyclic) bond motifs is 1. The summed E-state index contributed by atoms with van der Waals surface area (Å²) in [5, 5.41) is 8.10. The van der Waals surface area contributed by atoms with Crippen LogP contribution >= 0.6 is 11.6 Å². The summed E-state index contributed by atoms with van der Waals surface area (Å²) in [6.45, 7) is 11.7. The van der Waals surface area contributed by atoms with Crippen LogP contribution in [-0.4, -0.2) is 88.7 Å². The molecule has 1 atom stereocenters. The maximum atomic E-state index is 14.2. The lowest BCUT2D eigenvalue weighted by atomic mass is 9.79. The minimum absolute atomic E-state index is 0.0497. The van der Waals surface area contributed by atoms with E-state index in [2.05, 4.69) is 47.5 Å². The summed E-state index contributed by atoms with van der Waals surface area (Å²) in [5.41, 5.74) is 0.292. The first-order valence-electron chi connectivity index (χ1n) is 15.4. The first-order valence-corrected chi connectivity index (χ1v) is 15.8. The Balaban J connectivity index is 1.31. The first kappa shape index (κ1) is 31.2. The number of H-pyrrole nitrogens is 1. The highest BCUT2D eigenvalue weighted by Crippen LogP contribution is 2.33. The summed E-state index contributed by atoms with van der Waals surface area (Å²) in [6, 6.07) is 9.96. The molecule has 0 saturated carbocycles. The van der Waals surface area contributed by atoms with Crippen LogP contribution in [-0.2, 0) is 9.53 Å². The average molecular weight is 610 g/mol. The minimum atomic E-state index is -1.01. The molecular formula is C32H44ClN7O3. The number of amides is 1. The van der Waals surface area contributed by atoms with Crippen LogP contribution in [0, 0.1) is 0 Å². The topological polar surface area (TPSA) is 115 Å². The Bertz CT molecular complexity index is 1370. The number of ether oxygens (including phenoxy) is 1. The van der Waals surface area contributed by atoms with E-state index in [1.54, 1.807) is 6.33 Å². The molecule has 2 aliphatic rings. The molecule has 0 spiro atoms. The zero-order valence-corrected chi connectivity index (χ0v) is 26.3. The number of halogens is 1. The number of piperazine rings is 1. The van der Waals surface area contributed by atoms with Gasteiger partial charge in [-0.1, -0.05) is 23.7 Å². The van der Waals surface area contributed by atoms with Crippen LogP contribution in [0.15, 0.2) is 42.9 Å². The smallest absolute Gasteiger partial charge is 0.408 e. The van der Waals surface area contributed by atoms with Crippen LogP contribution in [0.4, 0.5) is 10.6 Å². The number of rotatable bonds is 10. The Labute approximate surface area is 258 Å². The highest BCUT2D eigenvalue weighted by atomic mass is 35.5. The van der Waals surface area contributed by atoms with Gasteiger partial charge >= 0.3 is 6.09 Å². The predicted molar refractivity (Wildman–Crippen MR) is 170 cm³/mol. The second-order valence-corrected chi connectivity index (χ2v) is 13.2. The number of alkyl carbamates (subject to hydrolysis) is 1. The van der Waals surface area contributed by atoms with Gasteiger partial charge in [-0.15, -0.1) is 0 Å². The summed E-state index contributed by atoms with van der Waals surface area (Å²) >= 11 is 6.20. The second-order valence-electron chi connectivity index (χ2n) is 12.7. The first-order chi connectivity index (χ1) is 20.6. The molecule has 0 bridgehead atoms. The van der Waals surface area contributed by atoms with Crippen molar-refractivity contribution in [1.82, 2.24) is 30.5 Å². The summed E-state index contributed by atoms with van der Waals surface area (Å²) in [7, 11) is 0. The number of carbonyl (C=O) groups excluding carboxylic acids is 2. The van der Waals surface area contributed by atoms with E-state index in [-0.39, 0.29) is 11.7 Å². The number of benzene rings is 1. The number of hydrogen-bond donors (Lipinski definition) is 3. The zero-order chi connectivity index (χ0) is 30.5. The van der Waals surface area contributed by atoms with Crippen LogP contribution in [0.3, 0.4) is 0 Å². The van der Waals surface area contributed by atoms with E-state index >= 15 is 0 Å². The van der Waals surface area contributed by atoms with Gasteiger partial charge in [-0.05, 0) is 82.7 Å². The third-order valence-electron chi connectivity index (χ3n) is 8.59.